The summed E-state index contributed by atoms with van der Waals surface area (Å²) in [7, 11) is 3.77. The highest BCUT2D eigenvalue weighted by atomic mass is 16.4. The summed E-state index contributed by atoms with van der Waals surface area (Å²) in [4.78, 5) is 28.3. The molecule has 2 N–H and O–H groups in total. The molecule has 1 rings (SSSR count). The van der Waals surface area contributed by atoms with Gasteiger partial charge in [0.15, 0.2) is 0 Å². The van der Waals surface area contributed by atoms with Gasteiger partial charge in [-0.3, -0.25) is 9.78 Å². The zero-order valence-electron chi connectivity index (χ0n) is 9.80. The van der Waals surface area contributed by atoms with E-state index in [1.807, 2.05) is 19.0 Å². The van der Waals surface area contributed by atoms with Crippen molar-refractivity contribution < 1.29 is 14.7 Å². The number of aromatic carboxylic acids is 1. The van der Waals surface area contributed by atoms with Crippen molar-refractivity contribution >= 4 is 11.9 Å². The Hall–Kier alpha value is -1.95. The van der Waals surface area contributed by atoms with E-state index in [9.17, 15) is 9.59 Å². The summed E-state index contributed by atoms with van der Waals surface area (Å²) < 4.78 is 0. The van der Waals surface area contributed by atoms with Crippen LogP contribution in [0.2, 0.25) is 0 Å². The number of likely N-dealkylation sites (N-methyl/N-ethyl adjacent to an activating group) is 1. The van der Waals surface area contributed by atoms with Crippen molar-refractivity contribution in [2.24, 2.45) is 0 Å². The molecule has 0 bridgehead atoms. The van der Waals surface area contributed by atoms with Crippen molar-refractivity contribution in [1.82, 2.24) is 15.2 Å². The summed E-state index contributed by atoms with van der Waals surface area (Å²) in [5, 5.41) is 11.5. The summed E-state index contributed by atoms with van der Waals surface area (Å²) in [5.74, 6) is -1.62. The van der Waals surface area contributed by atoms with E-state index in [1.165, 1.54) is 18.3 Å². The number of carbonyl (C=O) groups excluding carboxylic acids is 1. The van der Waals surface area contributed by atoms with Crippen LogP contribution in [-0.2, 0) is 0 Å². The molecule has 0 atom stereocenters. The Morgan fingerprint density at radius 3 is 2.76 bits per heavy atom. The van der Waals surface area contributed by atoms with Gasteiger partial charge in [-0.2, -0.15) is 0 Å². The lowest BCUT2D eigenvalue weighted by Crippen LogP contribution is -2.32. The van der Waals surface area contributed by atoms with Gasteiger partial charge >= 0.3 is 5.97 Å². The third kappa shape index (κ3) is 3.84. The molecule has 0 aliphatic heterocycles. The molecule has 6 heteroatoms. The van der Waals surface area contributed by atoms with E-state index in [4.69, 9.17) is 5.11 Å². The molecule has 0 saturated carbocycles. The maximum absolute atomic E-state index is 11.7. The van der Waals surface area contributed by atoms with Crippen molar-refractivity contribution in [3.63, 3.8) is 0 Å². The van der Waals surface area contributed by atoms with Crippen LogP contribution in [0.1, 0.15) is 20.8 Å². The second kappa shape index (κ2) is 5.95. The van der Waals surface area contributed by atoms with Gasteiger partial charge in [0.25, 0.3) is 5.91 Å². The number of carboxylic acid groups (broad SMARTS) is 1. The fourth-order valence-corrected chi connectivity index (χ4v) is 1.24. The normalized spacial score (nSPS) is 10.3. The van der Waals surface area contributed by atoms with Gasteiger partial charge in [-0.1, -0.05) is 0 Å². The molecule has 92 valence electrons. The predicted octanol–water partition coefficient (Wildman–Crippen LogP) is 0.0712. The van der Waals surface area contributed by atoms with Crippen LogP contribution in [0.25, 0.3) is 0 Å². The van der Waals surface area contributed by atoms with Crippen molar-refractivity contribution in [3.05, 3.63) is 29.6 Å². The van der Waals surface area contributed by atoms with Gasteiger partial charge in [-0.15, -0.1) is 0 Å². The number of hydrogen-bond acceptors (Lipinski definition) is 4. The first kappa shape index (κ1) is 13.1. The highest BCUT2D eigenvalue weighted by Crippen LogP contribution is 2.04. The minimum atomic E-state index is -1.16. The minimum Gasteiger partial charge on any atom is -0.478 e. The van der Waals surface area contributed by atoms with Crippen LogP contribution < -0.4 is 5.32 Å². The van der Waals surface area contributed by atoms with E-state index >= 15 is 0 Å². The number of aromatic nitrogens is 1. The van der Waals surface area contributed by atoms with Crippen molar-refractivity contribution in [2.75, 3.05) is 27.2 Å². The highest BCUT2D eigenvalue weighted by molar-refractivity contribution is 6.03. The molecular weight excluding hydrogens is 222 g/mol. The maximum Gasteiger partial charge on any atom is 0.338 e. The molecular formula is C11H15N3O3. The average molecular weight is 237 g/mol. The summed E-state index contributed by atoms with van der Waals surface area (Å²) in [6.45, 7) is 1.13. The molecule has 0 fully saturated rings. The number of nitrogens with one attached hydrogen (secondary N) is 1. The fourth-order valence-electron chi connectivity index (χ4n) is 1.24. The van der Waals surface area contributed by atoms with Crippen LogP contribution in [-0.4, -0.2) is 54.1 Å². The summed E-state index contributed by atoms with van der Waals surface area (Å²) in [5.41, 5.74) is -0.145. The standard InChI is InChI=1S/C11H15N3O3/c1-14(2)7-6-13-10(15)9-8(11(16)17)4-3-5-12-9/h3-5H,6-7H2,1-2H3,(H,13,15)(H,16,17). The Morgan fingerprint density at radius 2 is 2.18 bits per heavy atom. The Bertz CT molecular complexity index is 418. The molecule has 17 heavy (non-hydrogen) atoms. The molecule has 1 amide bonds. The first-order valence-corrected chi connectivity index (χ1v) is 5.13. The average Bonchev–Trinajstić information content (AvgIpc) is 2.28. The second-order valence-electron chi connectivity index (χ2n) is 3.76. The van der Waals surface area contributed by atoms with Gasteiger partial charge in [0.1, 0.15) is 5.69 Å². The van der Waals surface area contributed by atoms with Crippen LogP contribution in [0.5, 0.6) is 0 Å². The summed E-state index contributed by atoms with van der Waals surface area (Å²) >= 11 is 0. The predicted molar refractivity (Wildman–Crippen MR) is 62.1 cm³/mol. The van der Waals surface area contributed by atoms with E-state index in [2.05, 4.69) is 10.3 Å². The van der Waals surface area contributed by atoms with Crippen molar-refractivity contribution in [1.29, 1.82) is 0 Å². The number of hydrogen-bond donors (Lipinski definition) is 2. The zero-order valence-corrected chi connectivity index (χ0v) is 9.80. The first-order chi connectivity index (χ1) is 8.02. The maximum atomic E-state index is 11.7. The SMILES string of the molecule is CN(C)CCNC(=O)c1ncccc1C(=O)O. The lowest BCUT2D eigenvalue weighted by atomic mass is 10.2. The summed E-state index contributed by atoms with van der Waals surface area (Å²) in [6.07, 6.45) is 1.40. The third-order valence-electron chi connectivity index (χ3n) is 2.10. The number of rotatable bonds is 5. The van der Waals surface area contributed by atoms with Crippen LogP contribution in [0.15, 0.2) is 18.3 Å². The topological polar surface area (TPSA) is 82.5 Å². The molecule has 6 nitrogen and oxygen atoms in total. The van der Waals surface area contributed by atoms with Gasteiger partial charge in [0, 0.05) is 19.3 Å². The number of pyridine rings is 1. The second-order valence-corrected chi connectivity index (χ2v) is 3.76. The van der Waals surface area contributed by atoms with E-state index in [-0.39, 0.29) is 11.3 Å². The minimum absolute atomic E-state index is 0.0567. The molecule has 0 aliphatic carbocycles. The fraction of sp³-hybridized carbons (Fsp3) is 0.364. The molecule has 0 radical (unpaired) electrons. The molecule has 0 spiro atoms. The van der Waals surface area contributed by atoms with Gasteiger partial charge in [-0.05, 0) is 26.2 Å². The third-order valence-corrected chi connectivity index (χ3v) is 2.10. The van der Waals surface area contributed by atoms with Crippen molar-refractivity contribution in [2.45, 2.75) is 0 Å². The van der Waals surface area contributed by atoms with Crippen molar-refractivity contribution in [3.8, 4) is 0 Å². The zero-order chi connectivity index (χ0) is 12.8. The molecule has 1 aromatic rings. The molecule has 0 unspecified atom stereocenters. The smallest absolute Gasteiger partial charge is 0.338 e. The molecule has 1 aromatic heterocycles. The highest BCUT2D eigenvalue weighted by Gasteiger charge is 2.16. The first-order valence-electron chi connectivity index (χ1n) is 5.13. The number of nitrogens with zero attached hydrogens (tertiary/aromatic N) is 2. The van der Waals surface area contributed by atoms with E-state index in [1.54, 1.807) is 0 Å². The molecule has 0 saturated heterocycles. The van der Waals surface area contributed by atoms with E-state index < -0.39 is 11.9 Å². The molecule has 0 aliphatic rings. The van der Waals surface area contributed by atoms with Gasteiger partial charge in [-0.25, -0.2) is 4.79 Å². The van der Waals surface area contributed by atoms with Gasteiger partial charge in [0.05, 0.1) is 5.56 Å². The van der Waals surface area contributed by atoms with E-state index in [0.29, 0.717) is 13.1 Å². The molecule has 1 heterocycles. The number of carboxylic acids is 1. The van der Waals surface area contributed by atoms with E-state index in [0.717, 1.165) is 0 Å². The Balaban J connectivity index is 2.72. The quantitative estimate of drug-likeness (QED) is 0.757. The van der Waals surface area contributed by atoms with Crippen LogP contribution in [0.3, 0.4) is 0 Å². The lowest BCUT2D eigenvalue weighted by molar-refractivity contribution is 0.0690. The molecule has 0 aromatic carbocycles. The number of carbonyl (C=O) groups is 2. The Kier molecular flexibility index (Phi) is 4.59. The Morgan fingerprint density at radius 1 is 1.47 bits per heavy atom. The summed E-state index contributed by atoms with van der Waals surface area (Å²) in [6, 6.07) is 2.84. The van der Waals surface area contributed by atoms with Crippen LogP contribution >= 0.6 is 0 Å². The van der Waals surface area contributed by atoms with Gasteiger partial charge in [0.2, 0.25) is 0 Å². The Labute approximate surface area is 99.3 Å². The monoisotopic (exact) mass is 237 g/mol. The van der Waals surface area contributed by atoms with Gasteiger partial charge < -0.3 is 15.3 Å². The van der Waals surface area contributed by atoms with Crippen LogP contribution in [0.4, 0.5) is 0 Å². The van der Waals surface area contributed by atoms with Crippen LogP contribution in [0, 0.1) is 0 Å². The lowest BCUT2D eigenvalue weighted by Gasteiger charge is -2.10. The number of amides is 1. The largest absolute Gasteiger partial charge is 0.478 e.